The molecule has 0 radical (unpaired) electrons. The molecule has 19 heavy (non-hydrogen) atoms. The van der Waals surface area contributed by atoms with E-state index in [0.29, 0.717) is 27.9 Å². The molecule has 0 fully saturated rings. The van der Waals surface area contributed by atoms with Crippen LogP contribution >= 0.6 is 12.2 Å². The van der Waals surface area contributed by atoms with Gasteiger partial charge in [0.2, 0.25) is 0 Å². The van der Waals surface area contributed by atoms with Crippen LogP contribution in [0, 0.1) is 0 Å². The SMILES string of the molecule is CNC(=S)N/N=C(/C)c1cc(OC)c(OC)cc1O. The normalized spacial score (nSPS) is 10.8. The van der Waals surface area contributed by atoms with Gasteiger partial charge in [-0.05, 0) is 25.2 Å². The summed E-state index contributed by atoms with van der Waals surface area (Å²) < 4.78 is 10.3. The molecule has 7 heteroatoms. The molecular weight excluding hydrogens is 266 g/mol. The summed E-state index contributed by atoms with van der Waals surface area (Å²) in [7, 11) is 4.72. The summed E-state index contributed by atoms with van der Waals surface area (Å²) in [5.41, 5.74) is 3.75. The fraction of sp³-hybridized carbons (Fsp3) is 0.333. The van der Waals surface area contributed by atoms with E-state index in [-0.39, 0.29) is 5.75 Å². The number of hydrogen-bond donors (Lipinski definition) is 3. The van der Waals surface area contributed by atoms with E-state index in [4.69, 9.17) is 21.7 Å². The Kier molecular flexibility index (Phi) is 5.37. The van der Waals surface area contributed by atoms with Crippen molar-refractivity contribution in [1.82, 2.24) is 10.7 Å². The second-order valence-corrected chi connectivity index (χ2v) is 4.02. The number of phenols is 1. The van der Waals surface area contributed by atoms with Crippen molar-refractivity contribution in [3.63, 3.8) is 0 Å². The first-order chi connectivity index (χ1) is 9.03. The molecule has 0 amide bonds. The molecule has 1 rings (SSSR count). The maximum Gasteiger partial charge on any atom is 0.186 e. The molecule has 0 saturated heterocycles. The second kappa shape index (κ2) is 6.79. The fourth-order valence-corrected chi connectivity index (χ4v) is 1.45. The quantitative estimate of drug-likeness (QED) is 0.438. The van der Waals surface area contributed by atoms with Crippen LogP contribution in [0.1, 0.15) is 12.5 Å². The lowest BCUT2D eigenvalue weighted by atomic mass is 10.1. The van der Waals surface area contributed by atoms with Crippen LogP contribution in [0.3, 0.4) is 0 Å². The Bertz CT molecular complexity index is 503. The van der Waals surface area contributed by atoms with Gasteiger partial charge in [0.25, 0.3) is 0 Å². The number of benzene rings is 1. The lowest BCUT2D eigenvalue weighted by Gasteiger charge is -2.11. The van der Waals surface area contributed by atoms with E-state index in [0.717, 1.165) is 0 Å². The van der Waals surface area contributed by atoms with Crippen LogP contribution in [0.4, 0.5) is 0 Å². The summed E-state index contributed by atoms with van der Waals surface area (Å²) >= 11 is 4.91. The summed E-state index contributed by atoms with van der Waals surface area (Å²) in [6.07, 6.45) is 0. The molecule has 0 aromatic heterocycles. The minimum atomic E-state index is 0.0519. The van der Waals surface area contributed by atoms with E-state index < -0.39 is 0 Å². The van der Waals surface area contributed by atoms with Gasteiger partial charge >= 0.3 is 0 Å². The minimum Gasteiger partial charge on any atom is -0.507 e. The summed E-state index contributed by atoms with van der Waals surface area (Å²) in [6.45, 7) is 1.74. The highest BCUT2D eigenvalue weighted by molar-refractivity contribution is 7.80. The molecule has 1 aromatic rings. The second-order valence-electron chi connectivity index (χ2n) is 3.61. The predicted molar refractivity (Wildman–Crippen MR) is 78.2 cm³/mol. The number of aromatic hydroxyl groups is 1. The third-order valence-electron chi connectivity index (χ3n) is 2.44. The molecule has 0 spiro atoms. The van der Waals surface area contributed by atoms with Crippen LogP contribution in [-0.2, 0) is 0 Å². The van der Waals surface area contributed by atoms with Gasteiger partial charge in [0.1, 0.15) is 5.75 Å². The van der Waals surface area contributed by atoms with Gasteiger partial charge in [-0.2, -0.15) is 5.10 Å². The molecule has 0 bridgehead atoms. The van der Waals surface area contributed by atoms with E-state index in [1.165, 1.54) is 20.3 Å². The fourth-order valence-electron chi connectivity index (χ4n) is 1.41. The Morgan fingerprint density at radius 1 is 1.26 bits per heavy atom. The van der Waals surface area contributed by atoms with Gasteiger partial charge in [0.15, 0.2) is 16.6 Å². The number of thiocarbonyl (C=S) groups is 1. The van der Waals surface area contributed by atoms with E-state index in [1.54, 1.807) is 20.0 Å². The molecule has 3 N–H and O–H groups in total. The Labute approximate surface area is 117 Å². The number of nitrogens with one attached hydrogen (secondary N) is 2. The highest BCUT2D eigenvalue weighted by Gasteiger charge is 2.12. The number of ether oxygens (including phenoxy) is 2. The summed E-state index contributed by atoms with van der Waals surface area (Å²) in [6, 6.07) is 3.13. The molecule has 0 unspecified atom stereocenters. The minimum absolute atomic E-state index is 0.0519. The molecular formula is C12H17N3O3S. The Morgan fingerprint density at radius 3 is 2.37 bits per heavy atom. The standard InChI is InChI=1S/C12H17N3O3S/c1-7(14-15-12(19)13-2)8-5-10(17-3)11(18-4)6-9(8)16/h5-6,16H,1-4H3,(H2,13,15,19)/b14-7-. The molecule has 0 aliphatic rings. The molecule has 0 heterocycles. The number of nitrogens with zero attached hydrogens (tertiary/aromatic N) is 1. The smallest absolute Gasteiger partial charge is 0.186 e. The molecule has 6 nitrogen and oxygen atoms in total. The van der Waals surface area contributed by atoms with Crippen LogP contribution in [0.2, 0.25) is 0 Å². The van der Waals surface area contributed by atoms with Crippen molar-refractivity contribution in [1.29, 1.82) is 0 Å². The molecule has 0 aliphatic carbocycles. The van der Waals surface area contributed by atoms with Gasteiger partial charge < -0.3 is 19.9 Å². The van der Waals surface area contributed by atoms with Crippen molar-refractivity contribution >= 4 is 23.0 Å². The zero-order valence-electron chi connectivity index (χ0n) is 11.3. The molecule has 0 saturated carbocycles. The van der Waals surface area contributed by atoms with Gasteiger partial charge in [0, 0.05) is 18.7 Å². The molecule has 1 aromatic carbocycles. The van der Waals surface area contributed by atoms with Crippen LogP contribution in [0.5, 0.6) is 17.2 Å². The first-order valence-corrected chi connectivity index (χ1v) is 5.91. The maximum atomic E-state index is 9.94. The Morgan fingerprint density at radius 2 is 1.84 bits per heavy atom. The maximum absolute atomic E-state index is 9.94. The number of methoxy groups -OCH3 is 2. The summed E-state index contributed by atoms with van der Waals surface area (Å²) in [5.74, 6) is 1.02. The van der Waals surface area contributed by atoms with Crippen molar-refractivity contribution in [2.75, 3.05) is 21.3 Å². The Hall–Kier alpha value is -2.02. The van der Waals surface area contributed by atoms with Gasteiger partial charge in [-0.3, -0.25) is 5.43 Å². The highest BCUT2D eigenvalue weighted by atomic mass is 32.1. The van der Waals surface area contributed by atoms with Gasteiger partial charge in [-0.15, -0.1) is 0 Å². The zero-order chi connectivity index (χ0) is 14.4. The van der Waals surface area contributed by atoms with E-state index in [1.807, 2.05) is 0 Å². The van der Waals surface area contributed by atoms with E-state index in [2.05, 4.69) is 15.8 Å². The predicted octanol–water partition coefficient (Wildman–Crippen LogP) is 1.23. The lowest BCUT2D eigenvalue weighted by molar-refractivity contribution is 0.351. The molecule has 0 atom stereocenters. The summed E-state index contributed by atoms with van der Waals surface area (Å²) in [4.78, 5) is 0. The monoisotopic (exact) mass is 283 g/mol. The van der Waals surface area contributed by atoms with Crippen molar-refractivity contribution in [3.05, 3.63) is 17.7 Å². The molecule has 104 valence electrons. The average molecular weight is 283 g/mol. The van der Waals surface area contributed by atoms with Crippen LogP contribution in [0.25, 0.3) is 0 Å². The van der Waals surface area contributed by atoms with Crippen molar-refractivity contribution in [3.8, 4) is 17.2 Å². The average Bonchev–Trinajstić information content (AvgIpc) is 2.43. The van der Waals surface area contributed by atoms with Crippen LogP contribution < -0.4 is 20.2 Å². The zero-order valence-corrected chi connectivity index (χ0v) is 12.1. The van der Waals surface area contributed by atoms with E-state index in [9.17, 15) is 5.11 Å². The third kappa shape index (κ3) is 3.72. The van der Waals surface area contributed by atoms with Gasteiger partial charge in [0.05, 0.1) is 19.9 Å². The molecule has 0 aliphatic heterocycles. The van der Waals surface area contributed by atoms with Gasteiger partial charge in [-0.1, -0.05) is 0 Å². The Balaban J connectivity index is 3.09. The number of phenolic OH excluding ortho intramolecular Hbond substituents is 1. The van der Waals surface area contributed by atoms with Crippen molar-refractivity contribution in [2.45, 2.75) is 6.92 Å². The largest absolute Gasteiger partial charge is 0.507 e. The van der Waals surface area contributed by atoms with E-state index >= 15 is 0 Å². The lowest BCUT2D eigenvalue weighted by Crippen LogP contribution is -2.29. The third-order valence-corrected chi connectivity index (χ3v) is 2.74. The first kappa shape index (κ1) is 15.0. The van der Waals surface area contributed by atoms with Gasteiger partial charge in [-0.25, -0.2) is 0 Å². The topological polar surface area (TPSA) is 75.1 Å². The first-order valence-electron chi connectivity index (χ1n) is 5.50. The number of hydrogen-bond acceptors (Lipinski definition) is 5. The van der Waals surface area contributed by atoms with Crippen LogP contribution in [-0.4, -0.2) is 37.2 Å². The van der Waals surface area contributed by atoms with Crippen molar-refractivity contribution in [2.24, 2.45) is 5.10 Å². The highest BCUT2D eigenvalue weighted by Crippen LogP contribution is 2.34. The van der Waals surface area contributed by atoms with Crippen LogP contribution in [0.15, 0.2) is 17.2 Å². The summed E-state index contributed by atoms with van der Waals surface area (Å²) in [5, 5.41) is 17.1. The van der Waals surface area contributed by atoms with Crippen molar-refractivity contribution < 1.29 is 14.6 Å². The number of hydrazone groups is 1. The number of rotatable bonds is 4.